The third-order valence-electron chi connectivity index (χ3n) is 3.97. The minimum atomic E-state index is 0.355. The molecule has 1 saturated heterocycles. The fraction of sp³-hybridized carbons (Fsp3) is 0.500. The van der Waals surface area contributed by atoms with Crippen molar-refractivity contribution < 1.29 is 0 Å². The maximum atomic E-state index is 6.06. The summed E-state index contributed by atoms with van der Waals surface area (Å²) in [5.41, 5.74) is 1.70. The van der Waals surface area contributed by atoms with Crippen molar-refractivity contribution in [2.24, 2.45) is 5.92 Å². The van der Waals surface area contributed by atoms with Crippen LogP contribution in [0.3, 0.4) is 0 Å². The van der Waals surface area contributed by atoms with Gasteiger partial charge >= 0.3 is 0 Å². The van der Waals surface area contributed by atoms with Gasteiger partial charge in [0.25, 0.3) is 0 Å². The molecule has 1 N–H and O–H groups in total. The number of piperidine rings is 1. The second-order valence-corrected chi connectivity index (χ2v) is 5.58. The third-order valence-corrected chi connectivity index (χ3v) is 4.71. The van der Waals surface area contributed by atoms with Crippen LogP contribution in [0.2, 0.25) is 10.0 Å². The van der Waals surface area contributed by atoms with Crippen LogP contribution >= 0.6 is 23.2 Å². The zero-order chi connectivity index (χ0) is 10.6. The SMILES string of the molecule is CC1NC[C@]2(c3ccc(Cl)c(Cl)c3)C[C@@H]12. The highest BCUT2D eigenvalue weighted by Crippen LogP contribution is 2.59. The van der Waals surface area contributed by atoms with E-state index in [1.807, 2.05) is 12.1 Å². The van der Waals surface area contributed by atoms with E-state index in [2.05, 4.69) is 18.3 Å². The Labute approximate surface area is 99.8 Å². The van der Waals surface area contributed by atoms with E-state index in [-0.39, 0.29) is 0 Å². The van der Waals surface area contributed by atoms with E-state index in [4.69, 9.17) is 23.2 Å². The first-order valence-corrected chi connectivity index (χ1v) is 6.08. The predicted octanol–water partition coefficient (Wildman–Crippen LogP) is 3.24. The molecule has 1 aromatic rings. The van der Waals surface area contributed by atoms with Crippen LogP contribution in [-0.4, -0.2) is 12.6 Å². The standard InChI is InChI=1S/C12H13Cl2N/c1-7-9-5-12(9,6-15-7)8-2-3-10(13)11(14)4-8/h2-4,7,9,15H,5-6H2,1H3/t7?,9-,12-/m0/s1. The van der Waals surface area contributed by atoms with E-state index in [0.717, 1.165) is 12.5 Å². The quantitative estimate of drug-likeness (QED) is 0.797. The van der Waals surface area contributed by atoms with Gasteiger partial charge in [0.05, 0.1) is 10.0 Å². The minimum absolute atomic E-state index is 0.355. The van der Waals surface area contributed by atoms with Gasteiger partial charge < -0.3 is 5.32 Å². The molecule has 0 bridgehead atoms. The van der Waals surface area contributed by atoms with Gasteiger partial charge in [0.2, 0.25) is 0 Å². The molecule has 1 saturated carbocycles. The Bertz CT molecular complexity index is 418. The molecule has 1 aromatic carbocycles. The van der Waals surface area contributed by atoms with Gasteiger partial charge in [-0.25, -0.2) is 0 Å². The first kappa shape index (κ1) is 9.95. The molecule has 1 heterocycles. The van der Waals surface area contributed by atoms with E-state index in [0.29, 0.717) is 21.5 Å². The smallest absolute Gasteiger partial charge is 0.0595 e. The van der Waals surface area contributed by atoms with Crippen LogP contribution in [0, 0.1) is 5.92 Å². The lowest BCUT2D eigenvalue weighted by Crippen LogP contribution is -2.24. The van der Waals surface area contributed by atoms with Crippen LogP contribution in [0.1, 0.15) is 18.9 Å². The van der Waals surface area contributed by atoms with E-state index in [1.54, 1.807) is 0 Å². The Morgan fingerprint density at radius 2 is 2.13 bits per heavy atom. The minimum Gasteiger partial charge on any atom is -0.313 e. The third kappa shape index (κ3) is 1.33. The summed E-state index contributed by atoms with van der Waals surface area (Å²) in [6.07, 6.45) is 1.29. The van der Waals surface area contributed by atoms with Crippen molar-refractivity contribution in [3.05, 3.63) is 33.8 Å². The molecule has 0 spiro atoms. The molecule has 2 fully saturated rings. The molecule has 0 amide bonds. The lowest BCUT2D eigenvalue weighted by atomic mass is 9.94. The number of hydrogen-bond donors (Lipinski definition) is 1. The summed E-state index contributed by atoms with van der Waals surface area (Å²) in [5.74, 6) is 0.787. The first-order valence-electron chi connectivity index (χ1n) is 5.32. The van der Waals surface area contributed by atoms with Crippen molar-refractivity contribution in [2.75, 3.05) is 6.54 Å². The molecule has 1 nitrogen and oxygen atoms in total. The number of hydrogen-bond acceptors (Lipinski definition) is 1. The summed E-state index contributed by atoms with van der Waals surface area (Å²) in [5, 5.41) is 4.84. The van der Waals surface area contributed by atoms with Crippen molar-refractivity contribution in [3.63, 3.8) is 0 Å². The Kier molecular flexibility index (Phi) is 2.08. The van der Waals surface area contributed by atoms with Crippen LogP contribution in [0.4, 0.5) is 0 Å². The molecule has 0 radical (unpaired) electrons. The second-order valence-electron chi connectivity index (χ2n) is 4.77. The summed E-state index contributed by atoms with van der Waals surface area (Å²) in [4.78, 5) is 0. The summed E-state index contributed by atoms with van der Waals surface area (Å²) < 4.78 is 0. The molecule has 1 aliphatic heterocycles. The van der Waals surface area contributed by atoms with Gasteiger partial charge in [0.1, 0.15) is 0 Å². The normalized spacial score (nSPS) is 37.8. The number of halogens is 2. The molecular formula is C12H13Cl2N. The number of fused-ring (bicyclic) bond motifs is 1. The van der Waals surface area contributed by atoms with Crippen molar-refractivity contribution >= 4 is 23.2 Å². The summed E-state index contributed by atoms with van der Waals surface area (Å²) in [6, 6.07) is 6.70. The second kappa shape index (κ2) is 3.13. The van der Waals surface area contributed by atoms with Gasteiger partial charge in [0, 0.05) is 18.0 Å². The number of nitrogens with one attached hydrogen (secondary N) is 1. The van der Waals surface area contributed by atoms with Gasteiger partial charge in [0.15, 0.2) is 0 Å². The molecule has 1 unspecified atom stereocenters. The Hall–Kier alpha value is -0.240. The zero-order valence-electron chi connectivity index (χ0n) is 8.56. The van der Waals surface area contributed by atoms with Crippen molar-refractivity contribution in [1.82, 2.24) is 5.32 Å². The maximum Gasteiger partial charge on any atom is 0.0595 e. The topological polar surface area (TPSA) is 12.0 Å². The maximum absolute atomic E-state index is 6.06. The van der Waals surface area contributed by atoms with Crippen molar-refractivity contribution in [2.45, 2.75) is 24.8 Å². The zero-order valence-corrected chi connectivity index (χ0v) is 10.1. The van der Waals surface area contributed by atoms with Gasteiger partial charge in [-0.05, 0) is 37.0 Å². The van der Waals surface area contributed by atoms with Gasteiger partial charge in [-0.2, -0.15) is 0 Å². The highest BCUT2D eigenvalue weighted by Gasteiger charge is 2.61. The monoisotopic (exact) mass is 241 g/mol. The fourth-order valence-electron chi connectivity index (χ4n) is 2.92. The first-order chi connectivity index (χ1) is 7.13. The molecule has 80 valence electrons. The molecular weight excluding hydrogens is 229 g/mol. The Morgan fingerprint density at radius 1 is 1.33 bits per heavy atom. The van der Waals surface area contributed by atoms with E-state index in [9.17, 15) is 0 Å². The molecule has 15 heavy (non-hydrogen) atoms. The molecule has 2 aliphatic rings. The summed E-state index contributed by atoms with van der Waals surface area (Å²) >= 11 is 12.0. The molecule has 0 aromatic heterocycles. The number of benzene rings is 1. The number of rotatable bonds is 1. The van der Waals surface area contributed by atoms with E-state index < -0.39 is 0 Å². The van der Waals surface area contributed by atoms with Crippen LogP contribution in [-0.2, 0) is 5.41 Å². The highest BCUT2D eigenvalue weighted by atomic mass is 35.5. The largest absolute Gasteiger partial charge is 0.313 e. The molecule has 3 rings (SSSR count). The lowest BCUT2D eigenvalue weighted by molar-refractivity contribution is 0.578. The lowest BCUT2D eigenvalue weighted by Gasteiger charge is -2.12. The van der Waals surface area contributed by atoms with Crippen LogP contribution < -0.4 is 5.32 Å². The average Bonchev–Trinajstić information content (AvgIpc) is 2.88. The Balaban J connectivity index is 1.98. The van der Waals surface area contributed by atoms with Crippen LogP contribution in [0.25, 0.3) is 0 Å². The van der Waals surface area contributed by atoms with Crippen LogP contribution in [0.5, 0.6) is 0 Å². The molecule has 3 atom stereocenters. The Morgan fingerprint density at radius 3 is 2.67 bits per heavy atom. The molecule has 3 heteroatoms. The average molecular weight is 242 g/mol. The van der Waals surface area contributed by atoms with Gasteiger partial charge in [-0.15, -0.1) is 0 Å². The van der Waals surface area contributed by atoms with E-state index in [1.165, 1.54) is 12.0 Å². The van der Waals surface area contributed by atoms with Gasteiger partial charge in [-0.1, -0.05) is 29.3 Å². The van der Waals surface area contributed by atoms with E-state index >= 15 is 0 Å². The predicted molar refractivity (Wildman–Crippen MR) is 63.7 cm³/mol. The summed E-state index contributed by atoms with van der Waals surface area (Å²) in [6.45, 7) is 3.34. The molecule has 1 aliphatic carbocycles. The van der Waals surface area contributed by atoms with Gasteiger partial charge in [-0.3, -0.25) is 0 Å². The van der Waals surface area contributed by atoms with Crippen molar-refractivity contribution in [3.8, 4) is 0 Å². The fourth-order valence-corrected chi connectivity index (χ4v) is 3.22. The van der Waals surface area contributed by atoms with Crippen molar-refractivity contribution in [1.29, 1.82) is 0 Å². The highest BCUT2D eigenvalue weighted by molar-refractivity contribution is 6.42. The summed E-state index contributed by atoms with van der Waals surface area (Å²) in [7, 11) is 0. The van der Waals surface area contributed by atoms with Crippen LogP contribution in [0.15, 0.2) is 18.2 Å².